The highest BCUT2D eigenvalue weighted by molar-refractivity contribution is 8.00. The van der Waals surface area contributed by atoms with E-state index in [4.69, 9.17) is 11.6 Å². The summed E-state index contributed by atoms with van der Waals surface area (Å²) in [4.78, 5) is 28.2. The van der Waals surface area contributed by atoms with Crippen LogP contribution < -0.4 is 5.32 Å². The van der Waals surface area contributed by atoms with Crippen molar-refractivity contribution in [3.05, 3.63) is 65.2 Å². The van der Waals surface area contributed by atoms with E-state index >= 15 is 0 Å². The van der Waals surface area contributed by atoms with Gasteiger partial charge in [-0.1, -0.05) is 55.8 Å². The summed E-state index contributed by atoms with van der Waals surface area (Å²) in [6.45, 7) is 6.86. The van der Waals surface area contributed by atoms with Crippen molar-refractivity contribution < 1.29 is 9.59 Å². The molecule has 0 radical (unpaired) electrons. The molecule has 0 saturated carbocycles. The largest absolute Gasteiger partial charge is 0.354 e. The lowest BCUT2D eigenvalue weighted by Gasteiger charge is -2.29. The van der Waals surface area contributed by atoms with Gasteiger partial charge in [0, 0.05) is 23.0 Å². The number of rotatable bonds is 9. The molecule has 0 fully saturated rings. The van der Waals surface area contributed by atoms with Crippen LogP contribution in [0.1, 0.15) is 26.3 Å². The summed E-state index contributed by atoms with van der Waals surface area (Å²) in [5, 5.41) is 3.59. The fourth-order valence-corrected chi connectivity index (χ4v) is 3.48. The molecule has 0 saturated heterocycles. The maximum absolute atomic E-state index is 13.0. The van der Waals surface area contributed by atoms with Crippen molar-refractivity contribution in [1.29, 1.82) is 0 Å². The Balaban J connectivity index is 2.08. The van der Waals surface area contributed by atoms with Crippen molar-refractivity contribution in [3.8, 4) is 0 Å². The Bertz CT molecular complexity index is 766. The van der Waals surface area contributed by atoms with Gasteiger partial charge < -0.3 is 10.2 Å². The molecule has 1 N–H and O–H groups in total. The van der Waals surface area contributed by atoms with Crippen LogP contribution in [0.2, 0.25) is 5.02 Å². The van der Waals surface area contributed by atoms with Crippen LogP contribution in [-0.4, -0.2) is 35.1 Å². The maximum atomic E-state index is 13.0. The summed E-state index contributed by atoms with van der Waals surface area (Å²) >= 11 is 7.36. The zero-order chi connectivity index (χ0) is 20.5. The number of nitrogens with zero attached hydrogens (tertiary/aromatic N) is 1. The van der Waals surface area contributed by atoms with Gasteiger partial charge in [-0.3, -0.25) is 9.59 Å². The number of thioether (sulfide) groups is 1. The molecule has 2 rings (SSSR count). The molecule has 1 atom stereocenters. The summed E-state index contributed by atoms with van der Waals surface area (Å²) in [5.41, 5.74) is 0.996. The number of carbonyl (C=O) groups excluding carboxylic acids is 2. The molecule has 28 heavy (non-hydrogen) atoms. The van der Waals surface area contributed by atoms with E-state index in [9.17, 15) is 9.59 Å². The van der Waals surface area contributed by atoms with Crippen LogP contribution in [-0.2, 0) is 16.1 Å². The average molecular weight is 419 g/mol. The molecule has 0 aliphatic carbocycles. The van der Waals surface area contributed by atoms with Crippen LogP contribution in [0.15, 0.2) is 59.5 Å². The van der Waals surface area contributed by atoms with E-state index in [2.05, 4.69) is 5.32 Å². The average Bonchev–Trinajstić information content (AvgIpc) is 2.69. The minimum atomic E-state index is -0.544. The number of halogens is 1. The van der Waals surface area contributed by atoms with Crippen molar-refractivity contribution in [1.82, 2.24) is 10.2 Å². The van der Waals surface area contributed by atoms with Gasteiger partial charge in [-0.25, -0.2) is 0 Å². The van der Waals surface area contributed by atoms with E-state index in [0.29, 0.717) is 24.0 Å². The van der Waals surface area contributed by atoms with Gasteiger partial charge in [0.1, 0.15) is 6.04 Å². The molecule has 150 valence electrons. The maximum Gasteiger partial charge on any atom is 0.242 e. The first kappa shape index (κ1) is 22.3. The Morgan fingerprint density at radius 3 is 2.29 bits per heavy atom. The van der Waals surface area contributed by atoms with Gasteiger partial charge in [0.2, 0.25) is 11.8 Å². The predicted molar refractivity (Wildman–Crippen MR) is 116 cm³/mol. The summed E-state index contributed by atoms with van der Waals surface area (Å²) in [7, 11) is 0. The SMILES string of the molecule is CC(C)CNC(=O)C(C)N(Cc1ccccc1)C(=O)CSc1ccc(Cl)cc1. The number of amides is 2. The summed E-state index contributed by atoms with van der Waals surface area (Å²) in [5.74, 6) is 0.413. The number of hydrogen-bond acceptors (Lipinski definition) is 3. The fraction of sp³-hybridized carbons (Fsp3) is 0.364. The van der Waals surface area contributed by atoms with Crippen molar-refractivity contribution in [2.75, 3.05) is 12.3 Å². The Morgan fingerprint density at radius 2 is 1.68 bits per heavy atom. The molecular formula is C22H27ClN2O2S. The second-order valence-corrected chi connectivity index (χ2v) is 8.55. The van der Waals surface area contributed by atoms with Gasteiger partial charge in [0.15, 0.2) is 0 Å². The van der Waals surface area contributed by atoms with Crippen molar-refractivity contribution >= 4 is 35.2 Å². The molecular weight excluding hydrogens is 392 g/mol. The van der Waals surface area contributed by atoms with Gasteiger partial charge in [-0.2, -0.15) is 0 Å². The second-order valence-electron chi connectivity index (χ2n) is 7.06. The Kier molecular flexibility index (Phi) is 8.87. The smallest absolute Gasteiger partial charge is 0.242 e. The lowest BCUT2D eigenvalue weighted by molar-refractivity contribution is -0.138. The van der Waals surface area contributed by atoms with Gasteiger partial charge in [0.25, 0.3) is 0 Å². The van der Waals surface area contributed by atoms with Crippen LogP contribution in [0.5, 0.6) is 0 Å². The quantitative estimate of drug-likeness (QED) is 0.604. The summed E-state index contributed by atoms with van der Waals surface area (Å²) in [6.07, 6.45) is 0. The van der Waals surface area contributed by atoms with Crippen molar-refractivity contribution in [2.24, 2.45) is 5.92 Å². The minimum Gasteiger partial charge on any atom is -0.354 e. The first-order valence-corrected chi connectivity index (χ1v) is 10.7. The lowest BCUT2D eigenvalue weighted by atomic mass is 10.1. The molecule has 2 amide bonds. The Morgan fingerprint density at radius 1 is 1.04 bits per heavy atom. The first-order chi connectivity index (χ1) is 13.4. The van der Waals surface area contributed by atoms with Gasteiger partial charge in [-0.15, -0.1) is 11.8 Å². The number of benzene rings is 2. The van der Waals surface area contributed by atoms with Crippen LogP contribution in [0, 0.1) is 5.92 Å². The number of nitrogens with one attached hydrogen (secondary N) is 1. The van der Waals surface area contributed by atoms with E-state index in [1.54, 1.807) is 24.0 Å². The Labute approximate surface area is 176 Å². The van der Waals surface area contributed by atoms with E-state index in [0.717, 1.165) is 10.5 Å². The highest BCUT2D eigenvalue weighted by Gasteiger charge is 2.26. The molecule has 0 aliphatic heterocycles. The van der Waals surface area contributed by atoms with E-state index in [1.165, 1.54) is 11.8 Å². The van der Waals surface area contributed by atoms with E-state index in [-0.39, 0.29) is 17.6 Å². The standard InChI is InChI=1S/C22H27ClN2O2S/c1-16(2)13-24-22(27)17(3)25(14-18-7-5-4-6-8-18)21(26)15-28-20-11-9-19(23)10-12-20/h4-12,16-17H,13-15H2,1-3H3,(H,24,27). The van der Waals surface area contributed by atoms with E-state index in [1.807, 2.05) is 56.3 Å². The molecule has 2 aromatic carbocycles. The third-order valence-electron chi connectivity index (χ3n) is 4.22. The normalized spacial score (nSPS) is 11.9. The van der Waals surface area contributed by atoms with E-state index < -0.39 is 6.04 Å². The molecule has 4 nitrogen and oxygen atoms in total. The predicted octanol–water partition coefficient (Wildman–Crippen LogP) is 4.62. The first-order valence-electron chi connectivity index (χ1n) is 9.36. The third-order valence-corrected chi connectivity index (χ3v) is 5.47. The Hall–Kier alpha value is -1.98. The van der Waals surface area contributed by atoms with Crippen LogP contribution in [0.4, 0.5) is 0 Å². The lowest BCUT2D eigenvalue weighted by Crippen LogP contribution is -2.48. The fourth-order valence-electron chi connectivity index (χ4n) is 2.57. The highest BCUT2D eigenvalue weighted by atomic mass is 35.5. The van der Waals surface area contributed by atoms with Crippen molar-refractivity contribution in [2.45, 2.75) is 38.3 Å². The number of carbonyl (C=O) groups is 2. The molecule has 0 bridgehead atoms. The summed E-state index contributed by atoms with van der Waals surface area (Å²) in [6, 6.07) is 16.6. The minimum absolute atomic E-state index is 0.0731. The van der Waals surface area contributed by atoms with Crippen LogP contribution in [0.3, 0.4) is 0 Å². The zero-order valence-corrected chi connectivity index (χ0v) is 18.1. The van der Waals surface area contributed by atoms with Crippen LogP contribution in [0.25, 0.3) is 0 Å². The highest BCUT2D eigenvalue weighted by Crippen LogP contribution is 2.21. The zero-order valence-electron chi connectivity index (χ0n) is 16.5. The monoisotopic (exact) mass is 418 g/mol. The molecule has 6 heteroatoms. The topological polar surface area (TPSA) is 49.4 Å². The molecule has 0 aromatic heterocycles. The molecule has 0 heterocycles. The third kappa shape index (κ3) is 7.21. The molecule has 1 unspecified atom stereocenters. The molecule has 2 aromatic rings. The van der Waals surface area contributed by atoms with Crippen molar-refractivity contribution in [3.63, 3.8) is 0 Å². The molecule has 0 spiro atoms. The van der Waals surface area contributed by atoms with Gasteiger partial charge in [-0.05, 0) is 42.7 Å². The summed E-state index contributed by atoms with van der Waals surface area (Å²) < 4.78 is 0. The van der Waals surface area contributed by atoms with Gasteiger partial charge in [0.05, 0.1) is 5.75 Å². The van der Waals surface area contributed by atoms with Gasteiger partial charge >= 0.3 is 0 Å². The second kappa shape index (κ2) is 11.1. The molecule has 0 aliphatic rings. The van der Waals surface area contributed by atoms with Crippen LogP contribution >= 0.6 is 23.4 Å². The number of hydrogen-bond donors (Lipinski definition) is 1.